The molecule has 6 heteroatoms. The number of hydrogen-bond donors (Lipinski definition) is 1. The molecule has 0 radical (unpaired) electrons. The third-order valence-corrected chi connectivity index (χ3v) is 3.15. The molecule has 6 nitrogen and oxygen atoms in total. The van der Waals surface area contributed by atoms with Gasteiger partial charge in [0.05, 0.1) is 13.2 Å². The first-order chi connectivity index (χ1) is 9.58. The predicted octanol–water partition coefficient (Wildman–Crippen LogP) is 1.34. The molecule has 1 fully saturated rings. The van der Waals surface area contributed by atoms with Gasteiger partial charge in [-0.2, -0.15) is 0 Å². The number of carboxylic acid groups (broad SMARTS) is 1. The fraction of sp³-hybridized carbons (Fsp3) is 0.429. The summed E-state index contributed by atoms with van der Waals surface area (Å²) in [6, 6.07) is 6.94. The summed E-state index contributed by atoms with van der Waals surface area (Å²) >= 11 is 0. The monoisotopic (exact) mass is 278 g/mol. The summed E-state index contributed by atoms with van der Waals surface area (Å²) in [5.41, 5.74) is 1.65. The number of carboxylic acids is 1. The predicted molar refractivity (Wildman–Crippen MR) is 73.9 cm³/mol. The molecule has 0 aromatic heterocycles. The van der Waals surface area contributed by atoms with Gasteiger partial charge in [-0.1, -0.05) is 17.7 Å². The SMILES string of the molecule is Cc1ccc(N(CC(=O)O)C(=O)N2CCOCC2)cc1. The second-order valence-electron chi connectivity index (χ2n) is 4.70. The number of carbonyl (C=O) groups is 2. The highest BCUT2D eigenvalue weighted by Gasteiger charge is 2.25. The van der Waals surface area contributed by atoms with Crippen LogP contribution in [-0.2, 0) is 9.53 Å². The van der Waals surface area contributed by atoms with Crippen molar-refractivity contribution in [2.45, 2.75) is 6.92 Å². The average Bonchev–Trinajstić information content (AvgIpc) is 2.46. The Kier molecular flexibility index (Phi) is 4.57. The molecule has 1 heterocycles. The van der Waals surface area contributed by atoms with Gasteiger partial charge in [-0.3, -0.25) is 9.69 Å². The van der Waals surface area contributed by atoms with Crippen molar-refractivity contribution in [3.8, 4) is 0 Å². The van der Waals surface area contributed by atoms with Crippen LogP contribution in [0.25, 0.3) is 0 Å². The number of morpholine rings is 1. The van der Waals surface area contributed by atoms with Crippen LogP contribution in [0.15, 0.2) is 24.3 Å². The lowest BCUT2D eigenvalue weighted by molar-refractivity contribution is -0.135. The molecule has 0 aliphatic carbocycles. The van der Waals surface area contributed by atoms with Gasteiger partial charge in [0.1, 0.15) is 6.54 Å². The summed E-state index contributed by atoms with van der Waals surface area (Å²) < 4.78 is 5.20. The van der Waals surface area contributed by atoms with Gasteiger partial charge in [-0.05, 0) is 19.1 Å². The summed E-state index contributed by atoms with van der Waals surface area (Å²) in [6.07, 6.45) is 0. The molecule has 1 aromatic carbocycles. The van der Waals surface area contributed by atoms with E-state index in [1.807, 2.05) is 19.1 Å². The van der Waals surface area contributed by atoms with Crippen LogP contribution in [0, 0.1) is 6.92 Å². The van der Waals surface area contributed by atoms with Crippen molar-refractivity contribution in [1.82, 2.24) is 4.90 Å². The number of anilines is 1. The van der Waals surface area contributed by atoms with Gasteiger partial charge in [0.2, 0.25) is 0 Å². The van der Waals surface area contributed by atoms with E-state index in [9.17, 15) is 9.59 Å². The molecule has 1 aromatic rings. The molecule has 2 rings (SSSR count). The molecule has 0 unspecified atom stereocenters. The van der Waals surface area contributed by atoms with E-state index in [0.717, 1.165) is 5.56 Å². The Morgan fingerprint density at radius 2 is 1.85 bits per heavy atom. The number of carbonyl (C=O) groups excluding carboxylic acids is 1. The smallest absolute Gasteiger partial charge is 0.325 e. The fourth-order valence-corrected chi connectivity index (χ4v) is 2.05. The van der Waals surface area contributed by atoms with Gasteiger partial charge >= 0.3 is 12.0 Å². The summed E-state index contributed by atoms with van der Waals surface area (Å²) in [5.74, 6) is -1.04. The lowest BCUT2D eigenvalue weighted by Crippen LogP contribution is -2.49. The number of nitrogens with zero attached hydrogens (tertiary/aromatic N) is 2. The van der Waals surface area contributed by atoms with Gasteiger partial charge in [0, 0.05) is 18.8 Å². The zero-order valence-electron chi connectivity index (χ0n) is 11.4. The van der Waals surface area contributed by atoms with Crippen LogP contribution in [0.2, 0.25) is 0 Å². The Balaban J connectivity index is 2.19. The maximum absolute atomic E-state index is 12.5. The summed E-state index contributed by atoms with van der Waals surface area (Å²) in [5, 5.41) is 9.01. The van der Waals surface area contributed by atoms with Crippen LogP contribution in [0.5, 0.6) is 0 Å². The average molecular weight is 278 g/mol. The second kappa shape index (κ2) is 6.38. The maximum Gasteiger partial charge on any atom is 0.325 e. The molecule has 108 valence electrons. The number of aryl methyl sites for hydroxylation is 1. The topological polar surface area (TPSA) is 70.1 Å². The normalized spacial score (nSPS) is 14.9. The zero-order valence-corrected chi connectivity index (χ0v) is 11.4. The van der Waals surface area contributed by atoms with Crippen LogP contribution in [-0.4, -0.2) is 54.9 Å². The van der Waals surface area contributed by atoms with E-state index in [0.29, 0.717) is 32.0 Å². The van der Waals surface area contributed by atoms with E-state index >= 15 is 0 Å². The molecule has 1 saturated heterocycles. The summed E-state index contributed by atoms with van der Waals surface area (Å²) in [7, 11) is 0. The van der Waals surface area contributed by atoms with Gasteiger partial charge in [0.25, 0.3) is 0 Å². The number of amides is 2. The zero-order chi connectivity index (χ0) is 14.5. The number of rotatable bonds is 3. The van der Waals surface area contributed by atoms with Gasteiger partial charge < -0.3 is 14.7 Å². The number of urea groups is 1. The molecule has 1 N–H and O–H groups in total. The minimum Gasteiger partial charge on any atom is -0.480 e. The molecule has 0 saturated carbocycles. The first-order valence-corrected chi connectivity index (χ1v) is 6.50. The lowest BCUT2D eigenvalue weighted by atomic mass is 10.2. The van der Waals surface area contributed by atoms with E-state index in [1.165, 1.54) is 4.90 Å². The highest BCUT2D eigenvalue weighted by atomic mass is 16.5. The number of aliphatic carboxylic acids is 1. The van der Waals surface area contributed by atoms with E-state index in [-0.39, 0.29) is 12.6 Å². The van der Waals surface area contributed by atoms with Gasteiger partial charge in [-0.25, -0.2) is 4.79 Å². The van der Waals surface area contributed by atoms with Crippen molar-refractivity contribution >= 4 is 17.7 Å². The van der Waals surface area contributed by atoms with Gasteiger partial charge in [-0.15, -0.1) is 0 Å². The van der Waals surface area contributed by atoms with Crippen molar-refractivity contribution in [1.29, 1.82) is 0 Å². The molecule has 2 amide bonds. The van der Waals surface area contributed by atoms with E-state index in [2.05, 4.69) is 0 Å². The van der Waals surface area contributed by atoms with Gasteiger partial charge in [0.15, 0.2) is 0 Å². The van der Waals surface area contributed by atoms with Crippen molar-refractivity contribution < 1.29 is 19.4 Å². The molecule has 0 spiro atoms. The fourth-order valence-electron chi connectivity index (χ4n) is 2.05. The first kappa shape index (κ1) is 14.3. The van der Waals surface area contributed by atoms with Crippen LogP contribution >= 0.6 is 0 Å². The molecule has 1 aliphatic rings. The first-order valence-electron chi connectivity index (χ1n) is 6.50. The largest absolute Gasteiger partial charge is 0.480 e. The Labute approximate surface area is 117 Å². The second-order valence-corrected chi connectivity index (χ2v) is 4.70. The lowest BCUT2D eigenvalue weighted by Gasteiger charge is -2.32. The quantitative estimate of drug-likeness (QED) is 0.905. The molecule has 0 bridgehead atoms. The number of ether oxygens (including phenoxy) is 1. The van der Waals surface area contributed by atoms with Crippen molar-refractivity contribution in [2.75, 3.05) is 37.7 Å². The highest BCUT2D eigenvalue weighted by Crippen LogP contribution is 2.17. The van der Waals surface area contributed by atoms with E-state index < -0.39 is 5.97 Å². The van der Waals surface area contributed by atoms with Crippen molar-refractivity contribution in [3.05, 3.63) is 29.8 Å². The standard InChI is InChI=1S/C14H18N2O4/c1-11-2-4-12(5-3-11)16(10-13(17)18)14(19)15-6-8-20-9-7-15/h2-5H,6-10H2,1H3,(H,17,18). The Morgan fingerprint density at radius 1 is 1.25 bits per heavy atom. The highest BCUT2D eigenvalue weighted by molar-refractivity contribution is 5.96. The maximum atomic E-state index is 12.5. The molecule has 1 aliphatic heterocycles. The van der Waals surface area contributed by atoms with Crippen molar-refractivity contribution in [3.63, 3.8) is 0 Å². The molecule has 0 atom stereocenters. The van der Waals surface area contributed by atoms with Crippen LogP contribution in [0.3, 0.4) is 0 Å². The Hall–Kier alpha value is -2.08. The molecule has 20 heavy (non-hydrogen) atoms. The Bertz CT molecular complexity index is 480. The van der Waals surface area contributed by atoms with Crippen molar-refractivity contribution in [2.24, 2.45) is 0 Å². The van der Waals surface area contributed by atoms with Crippen LogP contribution in [0.1, 0.15) is 5.56 Å². The summed E-state index contributed by atoms with van der Waals surface area (Å²) in [6.45, 7) is 3.54. The van der Waals surface area contributed by atoms with E-state index in [4.69, 9.17) is 9.84 Å². The molecular weight excluding hydrogens is 260 g/mol. The van der Waals surface area contributed by atoms with Crippen LogP contribution < -0.4 is 4.90 Å². The molecular formula is C14H18N2O4. The number of benzene rings is 1. The minimum atomic E-state index is -1.04. The summed E-state index contributed by atoms with van der Waals surface area (Å²) in [4.78, 5) is 26.4. The minimum absolute atomic E-state index is 0.292. The number of hydrogen-bond acceptors (Lipinski definition) is 3. The third-order valence-electron chi connectivity index (χ3n) is 3.15. The van der Waals surface area contributed by atoms with Crippen LogP contribution in [0.4, 0.5) is 10.5 Å². The Morgan fingerprint density at radius 3 is 2.40 bits per heavy atom. The van der Waals surface area contributed by atoms with E-state index in [1.54, 1.807) is 17.0 Å². The third kappa shape index (κ3) is 3.48.